The van der Waals surface area contributed by atoms with Crippen molar-refractivity contribution in [3.8, 4) is 0 Å². The number of aromatic nitrogens is 3. The van der Waals surface area contributed by atoms with Crippen molar-refractivity contribution in [2.24, 2.45) is 0 Å². The Hall–Kier alpha value is -2.09. The van der Waals surface area contributed by atoms with E-state index in [0.29, 0.717) is 11.5 Å². The van der Waals surface area contributed by atoms with Crippen LogP contribution in [0.2, 0.25) is 0 Å². The molecular weight excluding hydrogens is 254 g/mol. The molecule has 0 aromatic carbocycles. The Kier molecular flexibility index (Phi) is 3.47. The van der Waals surface area contributed by atoms with E-state index in [1.54, 1.807) is 6.07 Å². The summed E-state index contributed by atoms with van der Waals surface area (Å²) < 4.78 is 26.3. The fourth-order valence-corrected chi connectivity index (χ4v) is 2.32. The van der Waals surface area contributed by atoms with Crippen LogP contribution in [0.1, 0.15) is 6.92 Å². The summed E-state index contributed by atoms with van der Waals surface area (Å²) in [7, 11) is -3.62. The fourth-order valence-electron chi connectivity index (χ4n) is 1.35. The molecule has 18 heavy (non-hydrogen) atoms. The van der Waals surface area contributed by atoms with Gasteiger partial charge in [0.05, 0.1) is 11.9 Å². The Morgan fingerprint density at radius 3 is 2.72 bits per heavy atom. The Bertz CT molecular complexity index is 592. The highest BCUT2D eigenvalue weighted by Gasteiger charge is 2.14. The van der Waals surface area contributed by atoms with Crippen LogP contribution in [0, 0.1) is 0 Å². The highest BCUT2D eigenvalue weighted by molar-refractivity contribution is 7.92. The van der Waals surface area contributed by atoms with E-state index in [4.69, 9.17) is 0 Å². The second kappa shape index (κ2) is 5.05. The van der Waals surface area contributed by atoms with Crippen molar-refractivity contribution in [1.29, 1.82) is 0 Å². The van der Waals surface area contributed by atoms with Gasteiger partial charge < -0.3 is 5.32 Å². The second-order valence-electron chi connectivity index (χ2n) is 3.50. The molecule has 7 nitrogen and oxygen atoms in total. The maximum Gasteiger partial charge on any atom is 0.263 e. The molecule has 3 N–H and O–H groups in total. The molecule has 0 aliphatic rings. The number of H-pyrrole nitrogens is 1. The number of anilines is 2. The molecule has 8 heteroatoms. The van der Waals surface area contributed by atoms with Gasteiger partial charge in [-0.05, 0) is 19.1 Å². The smallest absolute Gasteiger partial charge is 0.263 e. The highest BCUT2D eigenvalue weighted by atomic mass is 32.2. The number of rotatable bonds is 5. The SMILES string of the molecule is CCNc1ccc(S(=O)(=O)Nc2cn[nH]c2)cn1. The lowest BCUT2D eigenvalue weighted by atomic mass is 10.4. The summed E-state index contributed by atoms with van der Waals surface area (Å²) in [5.74, 6) is 0.639. The zero-order valence-corrected chi connectivity index (χ0v) is 10.5. The third kappa shape index (κ3) is 2.77. The Morgan fingerprint density at radius 1 is 1.33 bits per heavy atom. The first kappa shape index (κ1) is 12.4. The molecule has 0 amide bonds. The summed E-state index contributed by atoms with van der Waals surface area (Å²) in [5.41, 5.74) is 0.380. The summed E-state index contributed by atoms with van der Waals surface area (Å²) in [6, 6.07) is 3.11. The van der Waals surface area contributed by atoms with Crippen LogP contribution in [-0.2, 0) is 10.0 Å². The number of hydrogen-bond donors (Lipinski definition) is 3. The zero-order chi connectivity index (χ0) is 13.0. The number of pyridine rings is 1. The van der Waals surface area contributed by atoms with Gasteiger partial charge >= 0.3 is 0 Å². The predicted octanol–water partition coefficient (Wildman–Crippen LogP) is 1.04. The van der Waals surface area contributed by atoms with Gasteiger partial charge in [0.25, 0.3) is 10.0 Å². The van der Waals surface area contributed by atoms with Gasteiger partial charge in [-0.25, -0.2) is 13.4 Å². The van der Waals surface area contributed by atoms with Crippen molar-refractivity contribution in [2.75, 3.05) is 16.6 Å². The monoisotopic (exact) mass is 267 g/mol. The molecule has 96 valence electrons. The minimum absolute atomic E-state index is 0.102. The first-order chi connectivity index (χ1) is 8.62. The lowest BCUT2D eigenvalue weighted by Crippen LogP contribution is -2.13. The van der Waals surface area contributed by atoms with Crippen molar-refractivity contribution in [2.45, 2.75) is 11.8 Å². The topological polar surface area (TPSA) is 99.8 Å². The zero-order valence-electron chi connectivity index (χ0n) is 9.71. The summed E-state index contributed by atoms with van der Waals surface area (Å²) in [6.07, 6.45) is 4.15. The lowest BCUT2D eigenvalue weighted by molar-refractivity contribution is 0.601. The third-order valence-electron chi connectivity index (χ3n) is 2.15. The van der Waals surface area contributed by atoms with Crippen LogP contribution < -0.4 is 10.0 Å². The van der Waals surface area contributed by atoms with E-state index < -0.39 is 10.0 Å². The standard InChI is InChI=1S/C10H13N5O2S/c1-2-11-10-4-3-9(7-12-10)18(16,17)15-8-5-13-14-6-8/h3-7,15H,2H2,1H3,(H,11,12)(H,13,14). The van der Waals surface area contributed by atoms with Gasteiger partial charge in [0, 0.05) is 18.9 Å². The van der Waals surface area contributed by atoms with Crippen LogP contribution in [0.4, 0.5) is 11.5 Å². The summed E-state index contributed by atoms with van der Waals surface area (Å²) in [5, 5.41) is 9.18. The molecule has 0 aliphatic heterocycles. The Labute approximate surface area is 105 Å². The molecule has 2 rings (SSSR count). The van der Waals surface area contributed by atoms with Gasteiger partial charge in [-0.2, -0.15) is 5.10 Å². The van der Waals surface area contributed by atoms with Crippen LogP contribution in [0.25, 0.3) is 0 Å². The minimum Gasteiger partial charge on any atom is -0.370 e. The molecule has 0 saturated carbocycles. The van der Waals surface area contributed by atoms with Crippen molar-refractivity contribution in [1.82, 2.24) is 15.2 Å². The number of hydrogen-bond acceptors (Lipinski definition) is 5. The van der Waals surface area contributed by atoms with Crippen LogP contribution in [-0.4, -0.2) is 30.1 Å². The van der Waals surface area contributed by atoms with Crippen LogP contribution >= 0.6 is 0 Å². The summed E-state index contributed by atoms with van der Waals surface area (Å²) in [6.45, 7) is 2.67. The van der Waals surface area contributed by atoms with E-state index in [-0.39, 0.29) is 4.90 Å². The van der Waals surface area contributed by atoms with E-state index in [2.05, 4.69) is 25.2 Å². The average molecular weight is 267 g/mol. The van der Waals surface area contributed by atoms with Crippen molar-refractivity contribution < 1.29 is 8.42 Å². The Morgan fingerprint density at radius 2 is 2.17 bits per heavy atom. The lowest BCUT2D eigenvalue weighted by Gasteiger charge is -2.06. The van der Waals surface area contributed by atoms with E-state index in [0.717, 1.165) is 6.54 Å². The first-order valence-corrected chi connectivity index (χ1v) is 6.81. The van der Waals surface area contributed by atoms with Gasteiger partial charge in [-0.3, -0.25) is 9.82 Å². The molecule has 0 fully saturated rings. The van der Waals surface area contributed by atoms with Crippen molar-refractivity contribution >= 4 is 21.5 Å². The molecule has 2 heterocycles. The molecule has 2 aromatic heterocycles. The molecule has 2 aromatic rings. The molecule has 0 unspecified atom stereocenters. The van der Waals surface area contributed by atoms with Gasteiger partial charge in [0.2, 0.25) is 0 Å². The fraction of sp³-hybridized carbons (Fsp3) is 0.200. The maximum atomic E-state index is 12.0. The van der Waals surface area contributed by atoms with Crippen molar-refractivity contribution in [3.63, 3.8) is 0 Å². The molecular formula is C10H13N5O2S. The predicted molar refractivity (Wildman–Crippen MR) is 67.8 cm³/mol. The molecule has 0 bridgehead atoms. The molecule has 0 saturated heterocycles. The van der Waals surface area contributed by atoms with Gasteiger partial charge in [0.15, 0.2) is 0 Å². The van der Waals surface area contributed by atoms with E-state index in [9.17, 15) is 8.42 Å². The molecule has 0 spiro atoms. The first-order valence-electron chi connectivity index (χ1n) is 5.33. The minimum atomic E-state index is -3.62. The molecule has 0 atom stereocenters. The van der Waals surface area contributed by atoms with Crippen LogP contribution in [0.5, 0.6) is 0 Å². The number of sulfonamides is 1. The van der Waals surface area contributed by atoms with Crippen LogP contribution in [0.15, 0.2) is 35.6 Å². The van der Waals surface area contributed by atoms with Gasteiger partial charge in [0.1, 0.15) is 10.7 Å². The second-order valence-corrected chi connectivity index (χ2v) is 5.18. The molecule has 0 aliphatic carbocycles. The van der Waals surface area contributed by atoms with Crippen LogP contribution in [0.3, 0.4) is 0 Å². The normalized spacial score (nSPS) is 11.2. The maximum absolute atomic E-state index is 12.0. The number of nitrogens with one attached hydrogen (secondary N) is 3. The quantitative estimate of drug-likeness (QED) is 0.751. The summed E-state index contributed by atoms with van der Waals surface area (Å²) in [4.78, 5) is 4.11. The largest absolute Gasteiger partial charge is 0.370 e. The number of aromatic amines is 1. The third-order valence-corrected chi connectivity index (χ3v) is 3.52. The highest BCUT2D eigenvalue weighted by Crippen LogP contribution is 2.15. The van der Waals surface area contributed by atoms with E-state index in [1.807, 2.05) is 6.92 Å². The summed E-state index contributed by atoms with van der Waals surface area (Å²) >= 11 is 0. The molecule has 0 radical (unpaired) electrons. The average Bonchev–Trinajstić information content (AvgIpc) is 2.82. The van der Waals surface area contributed by atoms with Gasteiger partial charge in [-0.15, -0.1) is 0 Å². The Balaban J connectivity index is 2.19. The van der Waals surface area contributed by atoms with E-state index in [1.165, 1.54) is 24.7 Å². The number of nitrogens with zero attached hydrogens (tertiary/aromatic N) is 2. The van der Waals surface area contributed by atoms with Crippen molar-refractivity contribution in [3.05, 3.63) is 30.7 Å². The van der Waals surface area contributed by atoms with Gasteiger partial charge in [-0.1, -0.05) is 0 Å². The van der Waals surface area contributed by atoms with E-state index >= 15 is 0 Å².